The van der Waals surface area contributed by atoms with Gasteiger partial charge >= 0.3 is 0 Å². The molecule has 4 nitrogen and oxygen atoms in total. The molecule has 1 aromatic rings. The monoisotopic (exact) mass is 334 g/mol. The Morgan fingerprint density at radius 3 is 2.53 bits per heavy atom. The Hall–Kier alpha value is -0.690. The minimum atomic E-state index is -0.409. The summed E-state index contributed by atoms with van der Waals surface area (Å²) in [5.74, 6) is -0.299. The summed E-state index contributed by atoms with van der Waals surface area (Å²) in [6, 6.07) is 4.74. The van der Waals surface area contributed by atoms with Crippen molar-refractivity contribution in [3.05, 3.63) is 28.5 Å². The first-order valence-electron chi connectivity index (χ1n) is 5.93. The molecule has 6 heteroatoms. The van der Waals surface area contributed by atoms with Crippen LogP contribution in [0.2, 0.25) is 0 Å². The average Bonchev–Trinajstić information content (AvgIpc) is 2.40. The first kappa shape index (κ1) is 16.4. The summed E-state index contributed by atoms with van der Waals surface area (Å²) in [5, 5.41) is 3.29. The molecule has 0 radical (unpaired) electrons. The highest BCUT2D eigenvalue weighted by Crippen LogP contribution is 2.25. The Kier molecular flexibility index (Phi) is 6.19. The standard InChI is InChI=1S/C13H20BrFN2O2/c1-13(8-16,7-12(18-2)19-3)17-9-4-5-11(15)10(14)6-9/h4-6,12,17H,7-8,16H2,1-3H3. The molecule has 19 heavy (non-hydrogen) atoms. The van der Waals surface area contributed by atoms with Crippen LogP contribution in [-0.2, 0) is 9.47 Å². The number of methoxy groups -OCH3 is 2. The molecule has 0 aliphatic heterocycles. The van der Waals surface area contributed by atoms with Crippen LogP contribution in [0, 0.1) is 5.82 Å². The van der Waals surface area contributed by atoms with E-state index < -0.39 is 5.54 Å². The Morgan fingerprint density at radius 2 is 2.05 bits per heavy atom. The van der Waals surface area contributed by atoms with Crippen molar-refractivity contribution in [1.29, 1.82) is 0 Å². The smallest absolute Gasteiger partial charge is 0.159 e. The molecule has 0 aliphatic rings. The molecule has 1 unspecified atom stereocenters. The molecule has 1 rings (SSSR count). The van der Waals surface area contributed by atoms with Gasteiger partial charge in [0.05, 0.1) is 10.0 Å². The Morgan fingerprint density at radius 1 is 1.42 bits per heavy atom. The molecule has 1 aromatic carbocycles. The number of nitrogens with one attached hydrogen (secondary N) is 1. The van der Waals surface area contributed by atoms with Crippen molar-refractivity contribution in [2.24, 2.45) is 5.73 Å². The zero-order valence-electron chi connectivity index (χ0n) is 11.4. The van der Waals surface area contributed by atoms with E-state index in [4.69, 9.17) is 15.2 Å². The van der Waals surface area contributed by atoms with Crippen molar-refractivity contribution in [2.45, 2.75) is 25.2 Å². The summed E-state index contributed by atoms with van der Waals surface area (Å²) in [5.41, 5.74) is 6.20. The van der Waals surface area contributed by atoms with Crippen LogP contribution < -0.4 is 11.1 Å². The van der Waals surface area contributed by atoms with Gasteiger partial charge in [-0.05, 0) is 41.1 Å². The minimum absolute atomic E-state index is 0.299. The van der Waals surface area contributed by atoms with Gasteiger partial charge in [0.15, 0.2) is 6.29 Å². The summed E-state index contributed by atoms with van der Waals surface area (Å²) in [6.07, 6.45) is 0.232. The molecule has 0 heterocycles. The van der Waals surface area contributed by atoms with E-state index in [2.05, 4.69) is 21.2 Å². The van der Waals surface area contributed by atoms with Crippen LogP contribution >= 0.6 is 15.9 Å². The van der Waals surface area contributed by atoms with Gasteiger partial charge in [0.25, 0.3) is 0 Å². The van der Waals surface area contributed by atoms with E-state index in [0.717, 1.165) is 5.69 Å². The van der Waals surface area contributed by atoms with E-state index in [1.165, 1.54) is 6.07 Å². The molecule has 108 valence electrons. The molecule has 3 N–H and O–H groups in total. The number of hydrogen-bond acceptors (Lipinski definition) is 4. The number of hydrogen-bond donors (Lipinski definition) is 2. The Balaban J connectivity index is 2.81. The van der Waals surface area contributed by atoms with E-state index in [1.54, 1.807) is 26.4 Å². The van der Waals surface area contributed by atoms with E-state index >= 15 is 0 Å². The number of benzene rings is 1. The second kappa shape index (κ2) is 7.19. The summed E-state index contributed by atoms with van der Waals surface area (Å²) in [6.45, 7) is 2.36. The third-order valence-electron chi connectivity index (χ3n) is 2.96. The van der Waals surface area contributed by atoms with Crippen LogP contribution in [0.4, 0.5) is 10.1 Å². The van der Waals surface area contributed by atoms with Crippen molar-refractivity contribution in [3.8, 4) is 0 Å². The van der Waals surface area contributed by atoms with Gasteiger partial charge in [0, 0.05) is 32.9 Å². The third kappa shape index (κ3) is 4.72. The summed E-state index contributed by atoms with van der Waals surface area (Å²) < 4.78 is 24.0. The van der Waals surface area contributed by atoms with E-state index in [-0.39, 0.29) is 12.1 Å². The van der Waals surface area contributed by atoms with E-state index in [9.17, 15) is 4.39 Å². The SMILES string of the molecule is COC(CC(C)(CN)Nc1ccc(F)c(Br)c1)OC. The number of anilines is 1. The summed E-state index contributed by atoms with van der Waals surface area (Å²) >= 11 is 3.16. The predicted octanol–water partition coefficient (Wildman–Crippen LogP) is 2.73. The molecule has 0 amide bonds. The van der Waals surface area contributed by atoms with Crippen molar-refractivity contribution < 1.29 is 13.9 Å². The zero-order valence-corrected chi connectivity index (χ0v) is 13.0. The quantitative estimate of drug-likeness (QED) is 0.753. The maximum atomic E-state index is 13.2. The van der Waals surface area contributed by atoms with Crippen LogP contribution in [0.5, 0.6) is 0 Å². The molecule has 0 bridgehead atoms. The molecule has 0 aliphatic carbocycles. The third-order valence-corrected chi connectivity index (χ3v) is 3.57. The number of halogens is 2. The van der Waals surface area contributed by atoms with Crippen molar-refractivity contribution in [3.63, 3.8) is 0 Å². The molecule has 0 saturated carbocycles. The predicted molar refractivity (Wildman–Crippen MR) is 77.6 cm³/mol. The molecular weight excluding hydrogens is 315 g/mol. The van der Waals surface area contributed by atoms with E-state index in [0.29, 0.717) is 17.4 Å². The topological polar surface area (TPSA) is 56.5 Å². The largest absolute Gasteiger partial charge is 0.378 e. The highest BCUT2D eigenvalue weighted by atomic mass is 79.9. The summed E-state index contributed by atoms with van der Waals surface area (Å²) in [4.78, 5) is 0. The van der Waals surface area contributed by atoms with Gasteiger partial charge in [-0.15, -0.1) is 0 Å². The van der Waals surface area contributed by atoms with E-state index in [1.807, 2.05) is 6.92 Å². The normalized spacial score (nSPS) is 14.5. The lowest BCUT2D eigenvalue weighted by molar-refractivity contribution is -0.113. The maximum absolute atomic E-state index is 13.2. The highest BCUT2D eigenvalue weighted by molar-refractivity contribution is 9.10. The van der Waals surface area contributed by atoms with Gasteiger partial charge < -0.3 is 20.5 Å². The molecule has 1 atom stereocenters. The van der Waals surface area contributed by atoms with Gasteiger partial charge in [-0.2, -0.15) is 0 Å². The van der Waals surface area contributed by atoms with Gasteiger partial charge in [0.2, 0.25) is 0 Å². The fraction of sp³-hybridized carbons (Fsp3) is 0.538. The fourth-order valence-corrected chi connectivity index (χ4v) is 2.12. The van der Waals surface area contributed by atoms with Crippen LogP contribution in [0.25, 0.3) is 0 Å². The second-order valence-corrected chi connectivity index (χ2v) is 5.48. The summed E-state index contributed by atoms with van der Waals surface area (Å²) in [7, 11) is 3.17. The Bertz CT molecular complexity index is 416. The van der Waals surface area contributed by atoms with Crippen LogP contribution in [-0.4, -0.2) is 32.6 Å². The average molecular weight is 335 g/mol. The lowest BCUT2D eigenvalue weighted by Crippen LogP contribution is -2.45. The fourth-order valence-electron chi connectivity index (χ4n) is 1.74. The maximum Gasteiger partial charge on any atom is 0.159 e. The van der Waals surface area contributed by atoms with Gasteiger partial charge in [-0.3, -0.25) is 0 Å². The number of nitrogens with two attached hydrogens (primary N) is 1. The lowest BCUT2D eigenvalue weighted by Gasteiger charge is -2.33. The van der Waals surface area contributed by atoms with Gasteiger partial charge in [-0.1, -0.05) is 0 Å². The molecule has 0 spiro atoms. The zero-order chi connectivity index (χ0) is 14.5. The van der Waals surface area contributed by atoms with Crippen LogP contribution in [0.15, 0.2) is 22.7 Å². The second-order valence-electron chi connectivity index (χ2n) is 4.62. The number of rotatable bonds is 7. The minimum Gasteiger partial charge on any atom is -0.378 e. The van der Waals surface area contributed by atoms with Crippen molar-refractivity contribution in [2.75, 3.05) is 26.1 Å². The lowest BCUT2D eigenvalue weighted by atomic mass is 9.97. The highest BCUT2D eigenvalue weighted by Gasteiger charge is 2.27. The first-order valence-corrected chi connectivity index (χ1v) is 6.72. The first-order chi connectivity index (χ1) is 8.94. The van der Waals surface area contributed by atoms with Gasteiger partial charge in [0.1, 0.15) is 5.82 Å². The van der Waals surface area contributed by atoms with Crippen LogP contribution in [0.3, 0.4) is 0 Å². The van der Waals surface area contributed by atoms with Crippen molar-refractivity contribution in [1.82, 2.24) is 0 Å². The molecular formula is C13H20BrFN2O2. The van der Waals surface area contributed by atoms with Gasteiger partial charge in [-0.25, -0.2) is 4.39 Å². The molecule has 0 saturated heterocycles. The van der Waals surface area contributed by atoms with Crippen LogP contribution in [0.1, 0.15) is 13.3 Å². The van der Waals surface area contributed by atoms with Crippen molar-refractivity contribution >= 4 is 21.6 Å². The number of ether oxygens (including phenoxy) is 2. The Labute approximate surface area is 121 Å². The molecule has 0 fully saturated rings. The molecule has 0 aromatic heterocycles.